The van der Waals surface area contributed by atoms with Crippen LogP contribution in [0.15, 0.2) is 39.7 Å². The van der Waals surface area contributed by atoms with Crippen LogP contribution in [0.1, 0.15) is 31.4 Å². The second-order valence-electron chi connectivity index (χ2n) is 6.34. The Kier molecular flexibility index (Phi) is 6.81. The summed E-state index contributed by atoms with van der Waals surface area (Å²) >= 11 is 6.37. The van der Waals surface area contributed by atoms with Crippen molar-refractivity contribution in [3.8, 4) is 11.3 Å². The summed E-state index contributed by atoms with van der Waals surface area (Å²) in [5.74, 6) is -2.27. The Morgan fingerprint density at radius 2 is 1.90 bits per heavy atom. The summed E-state index contributed by atoms with van der Waals surface area (Å²) in [6.45, 7) is 0.408. The van der Waals surface area contributed by atoms with Crippen LogP contribution in [0.4, 0.5) is 8.78 Å². The van der Waals surface area contributed by atoms with Gasteiger partial charge >= 0.3 is 5.97 Å². The van der Waals surface area contributed by atoms with E-state index >= 15 is 0 Å². The van der Waals surface area contributed by atoms with E-state index in [1.807, 2.05) is 0 Å². The number of benzene rings is 1. The topological polar surface area (TPSA) is 70.8 Å². The predicted octanol–water partition coefficient (Wildman–Crippen LogP) is 5.07. The van der Waals surface area contributed by atoms with Crippen LogP contribution in [-0.4, -0.2) is 32.7 Å². The lowest BCUT2D eigenvalue weighted by Crippen LogP contribution is -2.29. The summed E-state index contributed by atoms with van der Waals surface area (Å²) in [5, 5.41) is 8.64. The normalized spacial score (nSPS) is 15.5. The smallest absolute Gasteiger partial charge is 0.303 e. The van der Waals surface area contributed by atoms with Crippen LogP contribution < -0.4 is 0 Å². The number of carboxylic acids is 1. The summed E-state index contributed by atoms with van der Waals surface area (Å²) in [4.78, 5) is 24.9. The molecule has 29 heavy (non-hydrogen) atoms. The van der Waals surface area contributed by atoms with Crippen molar-refractivity contribution in [3.63, 3.8) is 0 Å². The quantitative estimate of drug-likeness (QED) is 0.353. The van der Waals surface area contributed by atoms with E-state index in [9.17, 15) is 18.4 Å². The van der Waals surface area contributed by atoms with E-state index in [0.717, 1.165) is 23.9 Å². The van der Waals surface area contributed by atoms with Gasteiger partial charge in [-0.2, -0.15) is 0 Å². The second-order valence-corrected chi connectivity index (χ2v) is 8.01. The number of hydrogen-bond donors (Lipinski definition) is 1. The van der Waals surface area contributed by atoms with Crippen LogP contribution in [0.25, 0.3) is 17.4 Å². The second kappa shape index (κ2) is 9.32. The Morgan fingerprint density at radius 1 is 1.17 bits per heavy atom. The maximum absolute atomic E-state index is 13.9. The van der Waals surface area contributed by atoms with Crippen LogP contribution in [0.5, 0.6) is 0 Å². The number of aliphatic carboxylic acids is 1. The molecule has 9 heteroatoms. The molecule has 2 heterocycles. The van der Waals surface area contributed by atoms with Gasteiger partial charge in [0.15, 0.2) is 0 Å². The van der Waals surface area contributed by atoms with Crippen molar-refractivity contribution < 1.29 is 27.9 Å². The first-order chi connectivity index (χ1) is 13.9. The molecule has 1 aromatic carbocycles. The van der Waals surface area contributed by atoms with Crippen molar-refractivity contribution in [2.45, 2.75) is 25.7 Å². The van der Waals surface area contributed by atoms with Gasteiger partial charge < -0.3 is 9.52 Å². The molecule has 0 unspecified atom stereocenters. The summed E-state index contributed by atoms with van der Waals surface area (Å²) in [6, 6.07) is 6.52. The minimum absolute atomic E-state index is 0.0285. The Morgan fingerprint density at radius 3 is 2.59 bits per heavy atom. The van der Waals surface area contributed by atoms with E-state index < -0.39 is 17.6 Å². The lowest BCUT2D eigenvalue weighted by molar-refractivity contribution is -0.137. The largest absolute Gasteiger partial charge is 0.481 e. The predicted molar refractivity (Wildman–Crippen MR) is 110 cm³/mol. The molecule has 1 aliphatic rings. The number of unbranched alkanes of at least 4 members (excludes halogenated alkanes) is 2. The number of halogens is 2. The molecule has 2 aromatic rings. The summed E-state index contributed by atoms with van der Waals surface area (Å²) in [7, 11) is 0. The molecule has 0 radical (unpaired) electrons. The molecule has 0 aliphatic carbocycles. The first-order valence-electron chi connectivity index (χ1n) is 8.88. The minimum Gasteiger partial charge on any atom is -0.481 e. The molecule has 1 saturated heterocycles. The maximum Gasteiger partial charge on any atom is 0.303 e. The number of hydrogen-bond acceptors (Lipinski definition) is 5. The fourth-order valence-corrected chi connectivity index (χ4v) is 4.13. The molecular weight excluding hydrogens is 420 g/mol. The van der Waals surface area contributed by atoms with Crippen LogP contribution in [0.3, 0.4) is 0 Å². The van der Waals surface area contributed by atoms with E-state index in [0.29, 0.717) is 35.0 Å². The molecule has 0 atom stereocenters. The molecular formula is C20H17F2NO4S2. The number of furan rings is 1. The fourth-order valence-electron chi connectivity index (χ4n) is 2.84. The lowest BCUT2D eigenvalue weighted by atomic mass is 10.1. The van der Waals surface area contributed by atoms with Gasteiger partial charge in [-0.05, 0) is 37.1 Å². The molecule has 1 aliphatic heterocycles. The highest BCUT2D eigenvalue weighted by atomic mass is 32.2. The highest BCUT2D eigenvalue weighted by Gasteiger charge is 2.31. The monoisotopic (exact) mass is 437 g/mol. The third kappa shape index (κ3) is 5.10. The number of carbonyl (C=O) groups excluding carboxylic acids is 1. The van der Waals surface area contributed by atoms with Crippen molar-refractivity contribution >= 4 is 46.3 Å². The van der Waals surface area contributed by atoms with E-state index in [-0.39, 0.29) is 29.4 Å². The van der Waals surface area contributed by atoms with Crippen molar-refractivity contribution in [3.05, 3.63) is 52.6 Å². The van der Waals surface area contributed by atoms with Crippen molar-refractivity contribution in [2.24, 2.45) is 0 Å². The van der Waals surface area contributed by atoms with Crippen molar-refractivity contribution in [1.29, 1.82) is 0 Å². The molecule has 1 amide bonds. The van der Waals surface area contributed by atoms with Gasteiger partial charge in [0.2, 0.25) is 0 Å². The van der Waals surface area contributed by atoms with Gasteiger partial charge in [0.1, 0.15) is 27.5 Å². The highest BCUT2D eigenvalue weighted by Crippen LogP contribution is 2.34. The first kappa shape index (κ1) is 21.2. The van der Waals surface area contributed by atoms with Gasteiger partial charge in [0, 0.05) is 19.0 Å². The van der Waals surface area contributed by atoms with Crippen molar-refractivity contribution in [1.82, 2.24) is 4.90 Å². The van der Waals surface area contributed by atoms with Gasteiger partial charge in [0.25, 0.3) is 5.91 Å². The third-order valence-electron chi connectivity index (χ3n) is 4.26. The fraction of sp³-hybridized carbons (Fsp3) is 0.250. The van der Waals surface area contributed by atoms with Gasteiger partial charge in [-0.25, -0.2) is 8.78 Å². The molecule has 152 valence electrons. The van der Waals surface area contributed by atoms with E-state index in [2.05, 4.69) is 0 Å². The maximum atomic E-state index is 13.9. The molecule has 0 spiro atoms. The molecule has 0 bridgehead atoms. The zero-order chi connectivity index (χ0) is 21.0. The van der Waals surface area contributed by atoms with Crippen LogP contribution >= 0.6 is 24.0 Å². The van der Waals surface area contributed by atoms with E-state index in [4.69, 9.17) is 21.7 Å². The summed E-state index contributed by atoms with van der Waals surface area (Å²) < 4.78 is 33.7. The number of rotatable bonds is 8. The molecule has 1 fully saturated rings. The van der Waals surface area contributed by atoms with Gasteiger partial charge in [0.05, 0.1) is 10.5 Å². The highest BCUT2D eigenvalue weighted by molar-refractivity contribution is 8.26. The average molecular weight is 437 g/mol. The standard InChI is InChI=1S/C20H17F2NO4S2/c21-13-5-4-6-14(22)18(13)15-9-8-12(27-15)11-16-19(26)23(20(28)29-16)10-3-1-2-7-17(24)25/h4-6,8-9,11H,1-3,7,10H2,(H,24,25)/b16-11-. The van der Waals surface area contributed by atoms with Gasteiger partial charge in [-0.1, -0.05) is 36.5 Å². The van der Waals surface area contributed by atoms with Crippen molar-refractivity contribution in [2.75, 3.05) is 6.54 Å². The Labute approximate surface area is 175 Å². The molecule has 1 aromatic heterocycles. The summed E-state index contributed by atoms with van der Waals surface area (Å²) in [6.07, 6.45) is 3.46. The van der Waals surface area contributed by atoms with Crippen LogP contribution in [0, 0.1) is 11.6 Å². The van der Waals surface area contributed by atoms with Crippen LogP contribution in [-0.2, 0) is 9.59 Å². The molecule has 1 N–H and O–H groups in total. The SMILES string of the molecule is O=C(O)CCCCCN1C(=O)/C(=C/c2ccc(-c3c(F)cccc3F)o2)SC1=S. The number of nitrogens with zero attached hydrogens (tertiary/aromatic N) is 1. The Bertz CT molecular complexity index is 966. The summed E-state index contributed by atoms with van der Waals surface area (Å²) in [5.41, 5.74) is -0.263. The van der Waals surface area contributed by atoms with Gasteiger partial charge in [-0.15, -0.1) is 0 Å². The number of carboxylic acid groups (broad SMARTS) is 1. The molecule has 3 rings (SSSR count). The minimum atomic E-state index is -0.841. The number of thioether (sulfide) groups is 1. The number of thiocarbonyl (C=S) groups is 1. The number of amides is 1. The Hall–Kier alpha value is -2.52. The zero-order valence-electron chi connectivity index (χ0n) is 15.2. The molecule has 5 nitrogen and oxygen atoms in total. The van der Waals surface area contributed by atoms with Gasteiger partial charge in [-0.3, -0.25) is 14.5 Å². The average Bonchev–Trinajstić information content (AvgIpc) is 3.21. The molecule has 0 saturated carbocycles. The van der Waals surface area contributed by atoms with E-state index in [1.54, 1.807) is 0 Å². The van der Waals surface area contributed by atoms with Crippen LogP contribution in [0.2, 0.25) is 0 Å². The third-order valence-corrected chi connectivity index (χ3v) is 5.63. The lowest BCUT2D eigenvalue weighted by Gasteiger charge is -2.13. The zero-order valence-corrected chi connectivity index (χ0v) is 16.8. The Balaban J connectivity index is 1.67. The first-order valence-corrected chi connectivity index (χ1v) is 10.1. The van der Waals surface area contributed by atoms with E-state index in [1.165, 1.54) is 29.2 Å². The number of carbonyl (C=O) groups is 2.